The summed E-state index contributed by atoms with van der Waals surface area (Å²) in [6.07, 6.45) is 3.76. The Bertz CT molecular complexity index is 418. The first kappa shape index (κ1) is 12.6. The molecule has 0 aliphatic heterocycles. The molecule has 17 heavy (non-hydrogen) atoms. The second-order valence-electron chi connectivity index (χ2n) is 6.36. The minimum Gasteiger partial charge on any atom is -0.313 e. The van der Waals surface area contributed by atoms with Crippen molar-refractivity contribution in [1.82, 2.24) is 5.32 Å². The lowest BCUT2D eigenvalue weighted by atomic mass is 9.83. The number of fused-ring (bicyclic) bond motifs is 1. The molecule has 1 heteroatoms. The van der Waals surface area contributed by atoms with Gasteiger partial charge in [0.15, 0.2) is 0 Å². The molecule has 0 radical (unpaired) electrons. The molecule has 1 N–H and O–H groups in total. The highest BCUT2D eigenvalue weighted by Gasteiger charge is 2.29. The van der Waals surface area contributed by atoms with Crippen LogP contribution in [0.1, 0.15) is 55.0 Å². The summed E-state index contributed by atoms with van der Waals surface area (Å²) in [4.78, 5) is 0. The maximum atomic E-state index is 3.51. The van der Waals surface area contributed by atoms with E-state index in [1.165, 1.54) is 36.0 Å². The fourth-order valence-corrected chi connectivity index (χ4v) is 3.17. The third-order valence-corrected chi connectivity index (χ3v) is 4.18. The predicted octanol–water partition coefficient (Wildman–Crippen LogP) is 3.93. The number of benzene rings is 1. The van der Waals surface area contributed by atoms with Crippen molar-refractivity contribution in [3.05, 3.63) is 34.4 Å². The van der Waals surface area contributed by atoms with Crippen LogP contribution in [-0.2, 0) is 6.42 Å². The Kier molecular flexibility index (Phi) is 3.31. The van der Waals surface area contributed by atoms with E-state index in [-0.39, 0.29) is 0 Å². The summed E-state index contributed by atoms with van der Waals surface area (Å²) >= 11 is 0. The summed E-state index contributed by atoms with van der Waals surface area (Å²) in [5.41, 5.74) is 6.42. The molecule has 1 aromatic rings. The third kappa shape index (κ3) is 2.55. The maximum absolute atomic E-state index is 3.51. The molecule has 1 nitrogen and oxygen atoms in total. The van der Waals surface area contributed by atoms with Gasteiger partial charge < -0.3 is 5.32 Å². The van der Waals surface area contributed by atoms with Gasteiger partial charge in [0.25, 0.3) is 0 Å². The van der Waals surface area contributed by atoms with E-state index in [2.05, 4.69) is 52.2 Å². The van der Waals surface area contributed by atoms with Crippen LogP contribution in [0.15, 0.2) is 12.1 Å². The van der Waals surface area contributed by atoms with E-state index in [1.54, 1.807) is 5.56 Å². The van der Waals surface area contributed by atoms with E-state index in [0.717, 1.165) is 0 Å². The molecule has 94 valence electrons. The van der Waals surface area contributed by atoms with Gasteiger partial charge in [-0.05, 0) is 62.3 Å². The quantitative estimate of drug-likeness (QED) is 0.722. The zero-order valence-corrected chi connectivity index (χ0v) is 11.9. The molecule has 1 aliphatic carbocycles. The molecule has 1 atom stereocenters. The summed E-state index contributed by atoms with van der Waals surface area (Å²) in [6, 6.07) is 5.22. The first-order valence-electron chi connectivity index (χ1n) is 6.70. The highest BCUT2D eigenvalue weighted by Crippen LogP contribution is 2.40. The topological polar surface area (TPSA) is 12.0 Å². The van der Waals surface area contributed by atoms with Gasteiger partial charge in [-0.2, -0.15) is 0 Å². The zero-order chi connectivity index (χ0) is 12.6. The van der Waals surface area contributed by atoms with Gasteiger partial charge in [-0.1, -0.05) is 31.5 Å². The molecule has 0 heterocycles. The molecule has 0 amide bonds. The maximum Gasteiger partial charge on any atom is 0.0325 e. The van der Waals surface area contributed by atoms with Crippen LogP contribution in [0.4, 0.5) is 0 Å². The van der Waals surface area contributed by atoms with Crippen LogP contribution in [0.2, 0.25) is 0 Å². The van der Waals surface area contributed by atoms with Gasteiger partial charge in [0.1, 0.15) is 0 Å². The Hall–Kier alpha value is -0.820. The van der Waals surface area contributed by atoms with Crippen LogP contribution in [-0.4, -0.2) is 7.05 Å². The van der Waals surface area contributed by atoms with Crippen molar-refractivity contribution in [2.75, 3.05) is 7.05 Å². The fourth-order valence-electron chi connectivity index (χ4n) is 3.17. The normalized spacial score (nSPS) is 23.0. The molecule has 0 saturated carbocycles. The minimum absolute atomic E-state index is 0.438. The zero-order valence-electron chi connectivity index (χ0n) is 11.9. The Morgan fingerprint density at radius 1 is 1.24 bits per heavy atom. The summed E-state index contributed by atoms with van der Waals surface area (Å²) in [5, 5.41) is 3.51. The van der Waals surface area contributed by atoms with Crippen molar-refractivity contribution >= 4 is 0 Å². The van der Waals surface area contributed by atoms with Crippen molar-refractivity contribution in [3.63, 3.8) is 0 Å². The van der Waals surface area contributed by atoms with Crippen LogP contribution < -0.4 is 5.32 Å². The van der Waals surface area contributed by atoms with E-state index < -0.39 is 0 Å². The van der Waals surface area contributed by atoms with E-state index in [0.29, 0.717) is 11.5 Å². The van der Waals surface area contributed by atoms with E-state index in [9.17, 15) is 0 Å². The van der Waals surface area contributed by atoms with Crippen molar-refractivity contribution in [2.24, 2.45) is 5.41 Å². The van der Waals surface area contributed by atoms with E-state index in [4.69, 9.17) is 0 Å². The number of nitrogens with one attached hydrogen (secondary N) is 1. The van der Waals surface area contributed by atoms with Crippen LogP contribution in [0.3, 0.4) is 0 Å². The second kappa shape index (κ2) is 4.45. The third-order valence-electron chi connectivity index (χ3n) is 4.18. The summed E-state index contributed by atoms with van der Waals surface area (Å²) in [6.45, 7) is 9.25. The lowest BCUT2D eigenvalue weighted by Gasteiger charge is -2.27. The van der Waals surface area contributed by atoms with Gasteiger partial charge >= 0.3 is 0 Å². The summed E-state index contributed by atoms with van der Waals surface area (Å²) < 4.78 is 0. The lowest BCUT2D eigenvalue weighted by molar-refractivity contribution is 0.279. The molecule has 0 aromatic heterocycles. The Morgan fingerprint density at radius 2 is 1.94 bits per heavy atom. The highest BCUT2D eigenvalue weighted by molar-refractivity contribution is 5.41. The number of rotatable bonds is 1. The van der Waals surface area contributed by atoms with Crippen LogP contribution >= 0.6 is 0 Å². The van der Waals surface area contributed by atoms with Crippen LogP contribution in [0.5, 0.6) is 0 Å². The first-order chi connectivity index (χ1) is 7.93. The molecular formula is C16H25N. The van der Waals surface area contributed by atoms with Gasteiger partial charge in [-0.15, -0.1) is 0 Å². The number of aryl methyl sites for hydroxylation is 2. The Balaban J connectivity index is 2.50. The highest BCUT2D eigenvalue weighted by atomic mass is 14.9. The van der Waals surface area contributed by atoms with Crippen LogP contribution in [0.25, 0.3) is 0 Å². The average molecular weight is 231 g/mol. The standard InChI is InChI=1S/C16H25N/c1-11-8-12(2)13-6-7-16(3,4)10-15(17-5)14(13)9-11/h8-9,15,17H,6-7,10H2,1-5H3. The number of hydrogen-bond acceptors (Lipinski definition) is 1. The molecule has 1 aromatic carbocycles. The molecule has 0 fully saturated rings. The second-order valence-corrected chi connectivity index (χ2v) is 6.36. The number of hydrogen-bond donors (Lipinski definition) is 1. The summed E-state index contributed by atoms with van der Waals surface area (Å²) in [7, 11) is 2.09. The molecule has 0 spiro atoms. The Morgan fingerprint density at radius 3 is 2.59 bits per heavy atom. The van der Waals surface area contributed by atoms with Crippen molar-refractivity contribution in [1.29, 1.82) is 0 Å². The van der Waals surface area contributed by atoms with Gasteiger partial charge in [0, 0.05) is 6.04 Å². The van der Waals surface area contributed by atoms with Gasteiger partial charge in [-0.25, -0.2) is 0 Å². The Labute approximate surface area is 106 Å². The van der Waals surface area contributed by atoms with Crippen molar-refractivity contribution in [3.8, 4) is 0 Å². The van der Waals surface area contributed by atoms with E-state index >= 15 is 0 Å². The summed E-state index contributed by atoms with van der Waals surface area (Å²) in [5.74, 6) is 0. The molecule has 1 unspecified atom stereocenters. The van der Waals surface area contributed by atoms with Gasteiger partial charge in [0.05, 0.1) is 0 Å². The van der Waals surface area contributed by atoms with Crippen molar-refractivity contribution < 1.29 is 0 Å². The van der Waals surface area contributed by atoms with E-state index in [1.807, 2.05) is 0 Å². The largest absolute Gasteiger partial charge is 0.313 e. The first-order valence-corrected chi connectivity index (χ1v) is 6.70. The smallest absolute Gasteiger partial charge is 0.0325 e. The molecule has 1 aliphatic rings. The molecule has 2 rings (SSSR count). The van der Waals surface area contributed by atoms with Gasteiger partial charge in [0.2, 0.25) is 0 Å². The lowest BCUT2D eigenvalue weighted by Crippen LogP contribution is -2.22. The molecule has 0 saturated heterocycles. The average Bonchev–Trinajstić information content (AvgIpc) is 2.35. The monoisotopic (exact) mass is 231 g/mol. The molecular weight excluding hydrogens is 206 g/mol. The van der Waals surface area contributed by atoms with Crippen LogP contribution in [0, 0.1) is 19.3 Å². The van der Waals surface area contributed by atoms with Gasteiger partial charge in [-0.3, -0.25) is 0 Å². The predicted molar refractivity (Wildman–Crippen MR) is 74.4 cm³/mol. The fraction of sp³-hybridized carbons (Fsp3) is 0.625. The minimum atomic E-state index is 0.438. The SMILES string of the molecule is CNC1CC(C)(C)CCc2c(C)cc(C)cc21. The van der Waals surface area contributed by atoms with Crippen molar-refractivity contribution in [2.45, 2.75) is 53.0 Å². The molecule has 0 bridgehead atoms.